The molecule has 6 heteroatoms. The first-order valence-corrected chi connectivity index (χ1v) is 8.85. The SMILES string of the molecule is Fc1ccc(NC(=S)Nc2ccc(CN3CCCCC3)cc2)c(F)c1. The van der Waals surface area contributed by atoms with E-state index < -0.39 is 11.6 Å². The van der Waals surface area contributed by atoms with E-state index in [-0.39, 0.29) is 10.8 Å². The van der Waals surface area contributed by atoms with Gasteiger partial charge in [-0.05, 0) is 68.0 Å². The minimum Gasteiger partial charge on any atom is -0.332 e. The van der Waals surface area contributed by atoms with E-state index in [9.17, 15) is 8.78 Å². The zero-order valence-corrected chi connectivity index (χ0v) is 14.7. The Hall–Kier alpha value is -2.05. The molecule has 0 spiro atoms. The van der Waals surface area contributed by atoms with Gasteiger partial charge < -0.3 is 10.6 Å². The summed E-state index contributed by atoms with van der Waals surface area (Å²) in [6.07, 6.45) is 3.89. The number of hydrogen-bond donors (Lipinski definition) is 2. The normalized spacial score (nSPS) is 15.0. The Morgan fingerprint density at radius 3 is 2.36 bits per heavy atom. The zero-order chi connectivity index (χ0) is 17.6. The fourth-order valence-electron chi connectivity index (χ4n) is 2.94. The minimum absolute atomic E-state index is 0.139. The number of likely N-dealkylation sites (tertiary alicyclic amines) is 1. The van der Waals surface area contributed by atoms with Crippen LogP contribution in [0.1, 0.15) is 24.8 Å². The van der Waals surface area contributed by atoms with Crippen molar-refractivity contribution in [3.63, 3.8) is 0 Å². The predicted molar refractivity (Wildman–Crippen MR) is 102 cm³/mol. The van der Waals surface area contributed by atoms with Crippen LogP contribution < -0.4 is 10.6 Å². The Morgan fingerprint density at radius 1 is 0.960 bits per heavy atom. The van der Waals surface area contributed by atoms with Crippen LogP contribution in [0, 0.1) is 11.6 Å². The fraction of sp³-hybridized carbons (Fsp3) is 0.316. The molecule has 0 bridgehead atoms. The predicted octanol–water partition coefficient (Wildman–Crippen LogP) is 4.76. The molecule has 0 aliphatic carbocycles. The maximum absolute atomic E-state index is 13.6. The molecule has 3 nitrogen and oxygen atoms in total. The van der Waals surface area contributed by atoms with Crippen LogP contribution in [0.4, 0.5) is 20.2 Å². The highest BCUT2D eigenvalue weighted by molar-refractivity contribution is 7.80. The molecule has 25 heavy (non-hydrogen) atoms. The molecule has 1 heterocycles. The fourth-order valence-corrected chi connectivity index (χ4v) is 3.17. The van der Waals surface area contributed by atoms with Gasteiger partial charge in [0.1, 0.15) is 11.6 Å². The second-order valence-corrected chi connectivity index (χ2v) is 6.65. The Bertz CT molecular complexity index is 728. The second-order valence-electron chi connectivity index (χ2n) is 6.24. The average Bonchev–Trinajstić information content (AvgIpc) is 2.60. The van der Waals surface area contributed by atoms with Crippen LogP contribution in [-0.2, 0) is 6.54 Å². The molecule has 0 amide bonds. The topological polar surface area (TPSA) is 27.3 Å². The van der Waals surface area contributed by atoms with Gasteiger partial charge in [0.2, 0.25) is 0 Å². The molecule has 3 rings (SSSR count). The summed E-state index contributed by atoms with van der Waals surface area (Å²) in [7, 11) is 0. The van der Waals surface area contributed by atoms with Crippen molar-refractivity contribution >= 4 is 28.7 Å². The zero-order valence-electron chi connectivity index (χ0n) is 13.9. The number of nitrogens with zero attached hydrogens (tertiary/aromatic N) is 1. The molecule has 1 aliphatic rings. The van der Waals surface area contributed by atoms with Gasteiger partial charge in [0, 0.05) is 18.3 Å². The molecule has 0 unspecified atom stereocenters. The highest BCUT2D eigenvalue weighted by Crippen LogP contribution is 2.17. The third kappa shape index (κ3) is 5.21. The highest BCUT2D eigenvalue weighted by atomic mass is 32.1. The lowest BCUT2D eigenvalue weighted by molar-refractivity contribution is 0.221. The molecule has 1 aliphatic heterocycles. The minimum atomic E-state index is -0.680. The molecule has 0 saturated carbocycles. The van der Waals surface area contributed by atoms with Crippen molar-refractivity contribution in [2.45, 2.75) is 25.8 Å². The van der Waals surface area contributed by atoms with Gasteiger partial charge in [-0.2, -0.15) is 0 Å². The molecule has 2 N–H and O–H groups in total. The van der Waals surface area contributed by atoms with E-state index in [2.05, 4.69) is 27.7 Å². The standard InChI is InChI=1S/C19H21F2N3S/c20-15-6-9-18(17(21)12-15)23-19(25)22-16-7-4-14(5-8-16)13-24-10-2-1-3-11-24/h4-9,12H,1-3,10-11,13H2,(H2,22,23,25). The van der Waals surface area contributed by atoms with E-state index in [1.54, 1.807) is 0 Å². The molecule has 0 radical (unpaired) electrons. The summed E-state index contributed by atoms with van der Waals surface area (Å²) in [6.45, 7) is 3.29. The maximum Gasteiger partial charge on any atom is 0.175 e. The third-order valence-corrected chi connectivity index (χ3v) is 4.45. The van der Waals surface area contributed by atoms with Crippen LogP contribution >= 0.6 is 12.2 Å². The summed E-state index contributed by atoms with van der Waals surface area (Å²) in [4.78, 5) is 2.47. The number of nitrogens with one attached hydrogen (secondary N) is 2. The van der Waals surface area contributed by atoms with Crippen LogP contribution in [-0.4, -0.2) is 23.1 Å². The molecule has 1 fully saturated rings. The summed E-state index contributed by atoms with van der Waals surface area (Å²) in [5.41, 5.74) is 2.22. The lowest BCUT2D eigenvalue weighted by Gasteiger charge is -2.26. The molecule has 2 aromatic carbocycles. The largest absolute Gasteiger partial charge is 0.332 e. The monoisotopic (exact) mass is 361 g/mol. The van der Waals surface area contributed by atoms with E-state index in [4.69, 9.17) is 12.2 Å². The van der Waals surface area contributed by atoms with Gasteiger partial charge in [-0.25, -0.2) is 8.78 Å². The quantitative estimate of drug-likeness (QED) is 0.768. The first kappa shape index (κ1) is 17.8. The van der Waals surface area contributed by atoms with Crippen molar-refractivity contribution in [2.24, 2.45) is 0 Å². The number of piperidine rings is 1. The van der Waals surface area contributed by atoms with E-state index in [1.165, 1.54) is 37.0 Å². The van der Waals surface area contributed by atoms with E-state index in [0.29, 0.717) is 0 Å². The second kappa shape index (κ2) is 8.36. The smallest absolute Gasteiger partial charge is 0.175 e. The van der Waals surface area contributed by atoms with Crippen LogP contribution in [0.3, 0.4) is 0 Å². The van der Waals surface area contributed by atoms with Gasteiger partial charge in [-0.3, -0.25) is 4.90 Å². The third-order valence-electron chi connectivity index (χ3n) is 4.25. The van der Waals surface area contributed by atoms with Crippen LogP contribution in [0.15, 0.2) is 42.5 Å². The lowest BCUT2D eigenvalue weighted by Crippen LogP contribution is -2.29. The highest BCUT2D eigenvalue weighted by Gasteiger charge is 2.10. The Balaban J connectivity index is 1.54. The van der Waals surface area contributed by atoms with Crippen molar-refractivity contribution < 1.29 is 8.78 Å². The summed E-state index contributed by atoms with van der Waals surface area (Å²) >= 11 is 5.18. The van der Waals surface area contributed by atoms with Crippen LogP contribution in [0.25, 0.3) is 0 Å². The summed E-state index contributed by atoms with van der Waals surface area (Å²) in [5, 5.41) is 6.00. The molecular weight excluding hydrogens is 340 g/mol. The van der Waals surface area contributed by atoms with Crippen molar-refractivity contribution in [2.75, 3.05) is 23.7 Å². The summed E-state index contributed by atoms with van der Waals surface area (Å²) in [6, 6.07) is 11.4. The van der Waals surface area contributed by atoms with Crippen LogP contribution in [0.5, 0.6) is 0 Å². The van der Waals surface area contributed by atoms with Gasteiger partial charge >= 0.3 is 0 Å². The Labute approximate surface area is 152 Å². The van der Waals surface area contributed by atoms with Gasteiger partial charge in [0.05, 0.1) is 5.69 Å². The van der Waals surface area contributed by atoms with E-state index in [0.717, 1.165) is 31.4 Å². The van der Waals surface area contributed by atoms with Crippen LogP contribution in [0.2, 0.25) is 0 Å². The Morgan fingerprint density at radius 2 is 1.68 bits per heavy atom. The first-order chi connectivity index (χ1) is 12.1. The van der Waals surface area contributed by atoms with E-state index >= 15 is 0 Å². The maximum atomic E-state index is 13.6. The number of hydrogen-bond acceptors (Lipinski definition) is 2. The van der Waals surface area contributed by atoms with Crippen molar-refractivity contribution in [3.8, 4) is 0 Å². The van der Waals surface area contributed by atoms with E-state index in [1.807, 2.05) is 12.1 Å². The average molecular weight is 361 g/mol. The van der Waals surface area contributed by atoms with Crippen molar-refractivity contribution in [1.29, 1.82) is 0 Å². The molecule has 1 saturated heterocycles. The number of halogens is 2. The summed E-state index contributed by atoms with van der Waals surface area (Å²) < 4.78 is 26.5. The Kier molecular flexibility index (Phi) is 5.94. The van der Waals surface area contributed by atoms with Gasteiger partial charge in [-0.15, -0.1) is 0 Å². The first-order valence-electron chi connectivity index (χ1n) is 8.44. The molecule has 0 aromatic heterocycles. The lowest BCUT2D eigenvalue weighted by atomic mass is 10.1. The number of rotatable bonds is 4. The molecule has 2 aromatic rings. The molecule has 132 valence electrons. The van der Waals surface area contributed by atoms with Gasteiger partial charge in [-0.1, -0.05) is 18.6 Å². The number of benzene rings is 2. The molecule has 0 atom stereocenters. The summed E-state index contributed by atoms with van der Waals surface area (Å²) in [5.74, 6) is -1.30. The van der Waals surface area contributed by atoms with Gasteiger partial charge in [0.25, 0.3) is 0 Å². The molecular formula is C19H21F2N3S. The number of anilines is 2. The van der Waals surface area contributed by atoms with Crippen molar-refractivity contribution in [3.05, 3.63) is 59.7 Å². The number of thiocarbonyl (C=S) groups is 1. The van der Waals surface area contributed by atoms with Crippen molar-refractivity contribution in [1.82, 2.24) is 4.90 Å². The van der Waals surface area contributed by atoms with Gasteiger partial charge in [0.15, 0.2) is 5.11 Å².